The van der Waals surface area contributed by atoms with Crippen molar-refractivity contribution >= 4 is 43.4 Å². The van der Waals surface area contributed by atoms with Crippen molar-refractivity contribution in [3.05, 3.63) is 140 Å². The molecule has 0 spiro atoms. The number of aromatic nitrogens is 3. The molecule has 5 heteroatoms. The smallest absolute Gasteiger partial charge is 0.346 e. The molecule has 3 nitrogen and oxygen atoms in total. The molecule has 3 aromatic heterocycles. The Hall–Kier alpha value is -4.37. The van der Waals surface area contributed by atoms with Gasteiger partial charge in [0.2, 0.25) is 0 Å². The number of fused-ring (bicyclic) bond motifs is 4. The van der Waals surface area contributed by atoms with Crippen LogP contribution in [-0.4, -0.2) is 14.5 Å². The van der Waals surface area contributed by atoms with Gasteiger partial charge in [-0.05, 0) is 46.5 Å². The quantitative estimate of drug-likeness (QED) is 0.170. The SMILES string of the molecule is [Pt+2].[c-]1c(-n2c3[c-]c(-c4nc5ccccc5s4)ccc3c3ccccc32)ccc(-c2ccccc2)c1-c1ccccn1. The Balaban J connectivity index is 0.00000276. The van der Waals surface area contributed by atoms with E-state index in [2.05, 4.69) is 108 Å². The average molecular weight is 723 g/mol. The van der Waals surface area contributed by atoms with Gasteiger partial charge in [-0.2, -0.15) is 11.3 Å². The minimum atomic E-state index is 0. The molecule has 0 amide bonds. The predicted octanol–water partition coefficient (Wildman–Crippen LogP) is 9.39. The molecule has 0 fully saturated rings. The van der Waals surface area contributed by atoms with E-state index in [1.165, 1.54) is 10.1 Å². The number of pyridine rings is 1. The third kappa shape index (κ3) is 4.41. The van der Waals surface area contributed by atoms with Crippen LogP contribution < -0.4 is 0 Å². The average Bonchev–Trinajstić information content (AvgIpc) is 3.61. The van der Waals surface area contributed by atoms with Crippen molar-refractivity contribution in [3.63, 3.8) is 0 Å². The van der Waals surface area contributed by atoms with Gasteiger partial charge in [-0.1, -0.05) is 89.3 Å². The minimum Gasteiger partial charge on any atom is -0.346 e. The fraction of sp³-hybridized carbons (Fsp3) is 0. The molecule has 8 rings (SSSR count). The summed E-state index contributed by atoms with van der Waals surface area (Å²) in [4.78, 5) is 9.61. The number of hydrogen-bond acceptors (Lipinski definition) is 3. The largest absolute Gasteiger partial charge is 2.00 e. The first-order valence-corrected chi connectivity index (χ1v) is 14.0. The van der Waals surface area contributed by atoms with E-state index in [1.54, 1.807) is 11.3 Å². The van der Waals surface area contributed by atoms with Gasteiger partial charge < -0.3 is 9.55 Å². The number of nitrogens with zero attached hydrogens (tertiary/aromatic N) is 3. The summed E-state index contributed by atoms with van der Waals surface area (Å²) >= 11 is 1.70. The first kappa shape index (κ1) is 25.6. The van der Waals surface area contributed by atoms with Crippen LogP contribution in [0.25, 0.3) is 70.7 Å². The molecule has 0 unspecified atom stereocenters. The standard InChI is InChI=1S/C36H21N3S.Pt/c1-2-10-24(11-3-1)27-20-18-26(23-30(27)31-13-8-9-21-37-31)39-33-15-6-4-12-28(33)29-19-17-25(22-34(29)39)36-38-32-14-5-7-16-35(32)40-36;/h1-21H;/q-2;+2. The Morgan fingerprint density at radius 1 is 0.659 bits per heavy atom. The first-order valence-electron chi connectivity index (χ1n) is 13.2. The van der Waals surface area contributed by atoms with Gasteiger partial charge in [-0.25, -0.2) is 0 Å². The summed E-state index contributed by atoms with van der Waals surface area (Å²) in [6.45, 7) is 0. The molecule has 0 aliphatic rings. The van der Waals surface area contributed by atoms with E-state index in [0.717, 1.165) is 60.6 Å². The molecule has 0 atom stereocenters. The van der Waals surface area contributed by atoms with Crippen LogP contribution in [0.1, 0.15) is 0 Å². The topological polar surface area (TPSA) is 30.7 Å². The van der Waals surface area contributed by atoms with E-state index in [9.17, 15) is 0 Å². The zero-order valence-electron chi connectivity index (χ0n) is 21.7. The predicted molar refractivity (Wildman–Crippen MR) is 166 cm³/mol. The van der Waals surface area contributed by atoms with Crippen molar-refractivity contribution in [2.24, 2.45) is 0 Å². The molecule has 0 bridgehead atoms. The third-order valence-electron chi connectivity index (χ3n) is 7.28. The van der Waals surface area contributed by atoms with Crippen molar-refractivity contribution in [3.8, 4) is 38.6 Å². The summed E-state index contributed by atoms with van der Waals surface area (Å²) in [5.74, 6) is 0. The van der Waals surface area contributed by atoms with Crippen LogP contribution in [0.2, 0.25) is 0 Å². The number of thiazole rings is 1. The molecule has 0 saturated carbocycles. The maximum atomic E-state index is 4.91. The van der Waals surface area contributed by atoms with Gasteiger partial charge in [0, 0.05) is 21.4 Å². The Bertz CT molecular complexity index is 2130. The van der Waals surface area contributed by atoms with E-state index < -0.39 is 0 Å². The summed E-state index contributed by atoms with van der Waals surface area (Å²) in [5.41, 5.74) is 9.18. The summed E-state index contributed by atoms with van der Waals surface area (Å²) < 4.78 is 3.44. The Kier molecular flexibility index (Phi) is 6.59. The van der Waals surface area contributed by atoms with Crippen molar-refractivity contribution in [2.45, 2.75) is 0 Å². The Morgan fingerprint density at radius 2 is 1.46 bits per heavy atom. The van der Waals surface area contributed by atoms with Gasteiger partial charge in [0.05, 0.1) is 5.52 Å². The van der Waals surface area contributed by atoms with Crippen molar-refractivity contribution in [1.82, 2.24) is 14.5 Å². The van der Waals surface area contributed by atoms with Crippen LogP contribution in [0.4, 0.5) is 0 Å². The van der Waals surface area contributed by atoms with Crippen LogP contribution in [0.5, 0.6) is 0 Å². The molecule has 41 heavy (non-hydrogen) atoms. The first-order chi connectivity index (χ1) is 19.8. The van der Waals surface area contributed by atoms with Crippen LogP contribution in [0.15, 0.2) is 128 Å². The van der Waals surface area contributed by atoms with Crippen LogP contribution in [-0.2, 0) is 21.1 Å². The Morgan fingerprint density at radius 3 is 2.32 bits per heavy atom. The van der Waals surface area contributed by atoms with E-state index >= 15 is 0 Å². The van der Waals surface area contributed by atoms with E-state index in [4.69, 9.17) is 9.97 Å². The number of benzene rings is 5. The summed E-state index contributed by atoms with van der Waals surface area (Å²) in [6, 6.07) is 49.4. The summed E-state index contributed by atoms with van der Waals surface area (Å²) in [5, 5.41) is 3.31. The van der Waals surface area contributed by atoms with Crippen LogP contribution in [0.3, 0.4) is 0 Å². The minimum absolute atomic E-state index is 0. The molecule has 0 radical (unpaired) electrons. The maximum Gasteiger partial charge on any atom is 2.00 e. The molecular formula is C36H21N3PtS. The van der Waals surface area contributed by atoms with E-state index in [1.807, 2.05) is 36.5 Å². The van der Waals surface area contributed by atoms with Crippen LogP contribution >= 0.6 is 11.3 Å². The molecule has 8 aromatic rings. The molecule has 0 N–H and O–H groups in total. The monoisotopic (exact) mass is 722 g/mol. The summed E-state index contributed by atoms with van der Waals surface area (Å²) in [6.07, 6.45) is 1.84. The van der Waals surface area contributed by atoms with Gasteiger partial charge in [-0.15, -0.1) is 47.5 Å². The number of hydrogen-bond donors (Lipinski definition) is 0. The fourth-order valence-electron chi connectivity index (χ4n) is 5.44. The van der Waals surface area contributed by atoms with Gasteiger partial charge in [0.1, 0.15) is 0 Å². The molecule has 0 aliphatic heterocycles. The molecule has 196 valence electrons. The van der Waals surface area contributed by atoms with Crippen molar-refractivity contribution < 1.29 is 21.1 Å². The van der Waals surface area contributed by atoms with Gasteiger partial charge in [-0.3, -0.25) is 4.98 Å². The fourth-order valence-corrected chi connectivity index (χ4v) is 6.39. The van der Waals surface area contributed by atoms with Crippen molar-refractivity contribution in [1.29, 1.82) is 0 Å². The second kappa shape index (κ2) is 10.6. The summed E-state index contributed by atoms with van der Waals surface area (Å²) in [7, 11) is 0. The molecular weight excluding hydrogens is 702 g/mol. The zero-order chi connectivity index (χ0) is 26.5. The van der Waals surface area contributed by atoms with E-state index in [-0.39, 0.29) is 21.1 Å². The number of rotatable bonds is 4. The zero-order valence-corrected chi connectivity index (χ0v) is 24.8. The van der Waals surface area contributed by atoms with Gasteiger partial charge in [0.15, 0.2) is 0 Å². The second-order valence-corrected chi connectivity index (χ2v) is 10.7. The van der Waals surface area contributed by atoms with Gasteiger partial charge >= 0.3 is 21.1 Å². The second-order valence-electron chi connectivity index (χ2n) is 9.69. The normalized spacial score (nSPS) is 11.2. The molecule has 5 aromatic carbocycles. The number of para-hydroxylation sites is 2. The van der Waals surface area contributed by atoms with Crippen LogP contribution in [0, 0.1) is 12.1 Å². The molecule has 0 aliphatic carbocycles. The third-order valence-corrected chi connectivity index (χ3v) is 8.35. The Labute approximate surface area is 256 Å². The van der Waals surface area contributed by atoms with Crippen molar-refractivity contribution in [2.75, 3.05) is 0 Å². The van der Waals surface area contributed by atoms with E-state index in [0.29, 0.717) is 0 Å². The maximum absolute atomic E-state index is 4.91. The molecule has 3 heterocycles. The van der Waals surface area contributed by atoms with Gasteiger partial charge in [0.25, 0.3) is 0 Å². The molecule has 0 saturated heterocycles.